The van der Waals surface area contributed by atoms with Crippen LogP contribution < -0.4 is 4.74 Å². The van der Waals surface area contributed by atoms with Gasteiger partial charge >= 0.3 is 0 Å². The molecular formula is C20H20N2O2. The lowest BCUT2D eigenvalue weighted by Gasteiger charge is -2.11. The molecule has 0 atom stereocenters. The fourth-order valence-electron chi connectivity index (χ4n) is 2.80. The van der Waals surface area contributed by atoms with Gasteiger partial charge in [-0.05, 0) is 49.6 Å². The Morgan fingerprint density at radius 3 is 2.71 bits per heavy atom. The minimum absolute atomic E-state index is 0.0792. The van der Waals surface area contributed by atoms with Gasteiger partial charge in [-0.2, -0.15) is 5.10 Å². The zero-order chi connectivity index (χ0) is 16.5. The van der Waals surface area contributed by atoms with Crippen molar-refractivity contribution in [2.45, 2.75) is 32.5 Å². The Morgan fingerprint density at radius 1 is 1.12 bits per heavy atom. The molecule has 4 heteroatoms. The van der Waals surface area contributed by atoms with E-state index < -0.39 is 0 Å². The molecule has 4 nitrogen and oxygen atoms in total. The Balaban J connectivity index is 1.80. The molecule has 1 aromatic heterocycles. The van der Waals surface area contributed by atoms with Gasteiger partial charge in [0.2, 0.25) is 0 Å². The average Bonchev–Trinajstić information content (AvgIpc) is 3.31. The van der Waals surface area contributed by atoms with Gasteiger partial charge in [0.25, 0.3) is 0 Å². The van der Waals surface area contributed by atoms with Crippen LogP contribution in [0.5, 0.6) is 5.75 Å². The average molecular weight is 320 g/mol. The second-order valence-electron chi connectivity index (χ2n) is 6.22. The summed E-state index contributed by atoms with van der Waals surface area (Å²) in [6.07, 6.45) is 2.65. The lowest BCUT2D eigenvalue weighted by Crippen LogP contribution is -2.02. The van der Waals surface area contributed by atoms with E-state index in [9.17, 15) is 5.11 Å². The molecule has 1 aliphatic carbocycles. The van der Waals surface area contributed by atoms with Gasteiger partial charge in [0.05, 0.1) is 29.8 Å². The Morgan fingerprint density at radius 2 is 1.96 bits per heavy atom. The van der Waals surface area contributed by atoms with Crippen molar-refractivity contribution in [3.8, 4) is 22.7 Å². The summed E-state index contributed by atoms with van der Waals surface area (Å²) in [5.41, 5.74) is 4.79. The molecule has 0 aliphatic heterocycles. The molecule has 1 fully saturated rings. The topological polar surface area (TPSA) is 47.3 Å². The summed E-state index contributed by atoms with van der Waals surface area (Å²) < 4.78 is 7.81. The molecule has 1 aliphatic rings. The van der Waals surface area contributed by atoms with Gasteiger partial charge in [-0.1, -0.05) is 30.3 Å². The van der Waals surface area contributed by atoms with Crippen LogP contribution in [0.1, 0.15) is 24.1 Å². The maximum absolute atomic E-state index is 9.52. The lowest BCUT2D eigenvalue weighted by molar-refractivity contribution is 0.276. The first-order valence-electron chi connectivity index (χ1n) is 8.27. The van der Waals surface area contributed by atoms with E-state index in [0.717, 1.165) is 41.1 Å². The summed E-state index contributed by atoms with van der Waals surface area (Å²) in [5.74, 6) is 0.887. The molecule has 0 spiro atoms. The van der Waals surface area contributed by atoms with Crippen molar-refractivity contribution in [1.29, 1.82) is 0 Å². The van der Waals surface area contributed by atoms with Gasteiger partial charge in [-0.15, -0.1) is 0 Å². The van der Waals surface area contributed by atoms with E-state index in [-0.39, 0.29) is 6.61 Å². The largest absolute Gasteiger partial charge is 0.490 e. The number of para-hydroxylation sites is 1. The molecular weight excluding hydrogens is 300 g/mol. The molecule has 0 amide bonds. The van der Waals surface area contributed by atoms with E-state index in [0.29, 0.717) is 11.8 Å². The predicted molar refractivity (Wildman–Crippen MR) is 93.3 cm³/mol. The first-order chi connectivity index (χ1) is 11.7. The van der Waals surface area contributed by atoms with Gasteiger partial charge in [-0.3, -0.25) is 0 Å². The molecule has 1 N–H and O–H groups in total. The third kappa shape index (κ3) is 2.93. The molecule has 0 saturated heterocycles. The number of aromatic nitrogens is 2. The third-order valence-corrected chi connectivity index (χ3v) is 4.22. The van der Waals surface area contributed by atoms with E-state index in [1.807, 2.05) is 53.2 Å². The van der Waals surface area contributed by atoms with Gasteiger partial charge in [-0.25, -0.2) is 4.68 Å². The Bertz CT molecular complexity index is 866. The predicted octanol–water partition coefficient (Wildman–Crippen LogP) is 3.88. The molecule has 1 heterocycles. The fourth-order valence-corrected chi connectivity index (χ4v) is 2.80. The van der Waals surface area contributed by atoms with E-state index in [1.165, 1.54) is 0 Å². The maximum atomic E-state index is 9.52. The SMILES string of the molecule is Cc1ccccc1-n1nc(CO)cc1-c1cccc(OC2CC2)c1. The molecule has 1 saturated carbocycles. The van der Waals surface area contributed by atoms with Crippen LogP contribution in [-0.2, 0) is 6.61 Å². The zero-order valence-electron chi connectivity index (χ0n) is 13.6. The summed E-state index contributed by atoms with van der Waals surface area (Å²) in [5, 5.41) is 14.1. The second kappa shape index (κ2) is 6.13. The highest BCUT2D eigenvalue weighted by atomic mass is 16.5. The van der Waals surface area contributed by atoms with E-state index in [1.54, 1.807) is 0 Å². The third-order valence-electron chi connectivity index (χ3n) is 4.22. The van der Waals surface area contributed by atoms with Crippen molar-refractivity contribution in [2.75, 3.05) is 0 Å². The van der Waals surface area contributed by atoms with Crippen molar-refractivity contribution in [2.24, 2.45) is 0 Å². The zero-order valence-corrected chi connectivity index (χ0v) is 13.6. The van der Waals surface area contributed by atoms with Crippen LogP contribution in [0, 0.1) is 6.92 Å². The van der Waals surface area contributed by atoms with Crippen LogP contribution in [0.3, 0.4) is 0 Å². The molecule has 0 bridgehead atoms. The normalized spacial score (nSPS) is 13.9. The number of hydrogen-bond donors (Lipinski definition) is 1. The highest BCUT2D eigenvalue weighted by molar-refractivity contribution is 5.65. The van der Waals surface area contributed by atoms with E-state index in [2.05, 4.69) is 18.1 Å². The quantitative estimate of drug-likeness (QED) is 0.776. The van der Waals surface area contributed by atoms with Gasteiger partial charge in [0.1, 0.15) is 5.75 Å². The van der Waals surface area contributed by atoms with Crippen LogP contribution >= 0.6 is 0 Å². The smallest absolute Gasteiger partial charge is 0.120 e. The number of nitrogens with zero attached hydrogens (tertiary/aromatic N) is 2. The number of benzene rings is 2. The summed E-state index contributed by atoms with van der Waals surface area (Å²) in [6.45, 7) is 1.98. The Labute approximate surface area is 141 Å². The standard InChI is InChI=1S/C20H20N2O2/c1-14-5-2-3-8-19(14)22-20(12-16(13-23)21-22)15-6-4-7-18(11-15)24-17-9-10-17/h2-8,11-12,17,23H,9-10,13H2,1H3. The number of aryl methyl sites for hydroxylation is 1. The summed E-state index contributed by atoms with van der Waals surface area (Å²) >= 11 is 0. The molecule has 0 unspecified atom stereocenters. The number of aliphatic hydroxyl groups excluding tert-OH is 1. The molecule has 4 rings (SSSR count). The van der Waals surface area contributed by atoms with Crippen molar-refractivity contribution in [3.63, 3.8) is 0 Å². The second-order valence-corrected chi connectivity index (χ2v) is 6.22. The number of hydrogen-bond acceptors (Lipinski definition) is 3. The monoisotopic (exact) mass is 320 g/mol. The van der Waals surface area contributed by atoms with Crippen LogP contribution in [0.15, 0.2) is 54.6 Å². The fraction of sp³-hybridized carbons (Fsp3) is 0.250. The van der Waals surface area contributed by atoms with Crippen molar-refractivity contribution in [1.82, 2.24) is 9.78 Å². The lowest BCUT2D eigenvalue weighted by atomic mass is 10.1. The summed E-state index contributed by atoms with van der Waals surface area (Å²) in [6, 6.07) is 18.1. The van der Waals surface area contributed by atoms with Gasteiger partial charge in [0, 0.05) is 5.56 Å². The molecule has 0 radical (unpaired) electrons. The van der Waals surface area contributed by atoms with Gasteiger partial charge < -0.3 is 9.84 Å². The number of rotatable bonds is 5. The minimum atomic E-state index is -0.0792. The summed E-state index contributed by atoms with van der Waals surface area (Å²) in [7, 11) is 0. The summed E-state index contributed by atoms with van der Waals surface area (Å²) in [4.78, 5) is 0. The maximum Gasteiger partial charge on any atom is 0.120 e. The first kappa shape index (κ1) is 15.0. The van der Waals surface area contributed by atoms with E-state index >= 15 is 0 Å². The Hall–Kier alpha value is -2.59. The van der Waals surface area contributed by atoms with Crippen LogP contribution in [0.4, 0.5) is 0 Å². The minimum Gasteiger partial charge on any atom is -0.490 e. The van der Waals surface area contributed by atoms with Gasteiger partial charge in [0.15, 0.2) is 0 Å². The van der Waals surface area contributed by atoms with E-state index in [4.69, 9.17) is 4.74 Å². The highest BCUT2D eigenvalue weighted by Crippen LogP contribution is 2.31. The highest BCUT2D eigenvalue weighted by Gasteiger charge is 2.23. The van der Waals surface area contributed by atoms with Crippen molar-refractivity contribution < 1.29 is 9.84 Å². The number of aliphatic hydroxyl groups is 1. The molecule has 3 aromatic rings. The van der Waals surface area contributed by atoms with Crippen LogP contribution in [0.25, 0.3) is 16.9 Å². The molecule has 2 aromatic carbocycles. The first-order valence-corrected chi connectivity index (χ1v) is 8.27. The van der Waals surface area contributed by atoms with Crippen LogP contribution in [-0.4, -0.2) is 21.0 Å². The molecule has 122 valence electrons. The number of ether oxygens (including phenoxy) is 1. The van der Waals surface area contributed by atoms with Crippen molar-refractivity contribution in [3.05, 3.63) is 65.9 Å². The molecule has 24 heavy (non-hydrogen) atoms. The van der Waals surface area contributed by atoms with Crippen molar-refractivity contribution >= 4 is 0 Å². The Kier molecular flexibility index (Phi) is 3.82. The van der Waals surface area contributed by atoms with Crippen LogP contribution in [0.2, 0.25) is 0 Å².